The number of hydrogen-bond acceptors (Lipinski definition) is 4. The van der Waals surface area contributed by atoms with Crippen molar-refractivity contribution in [1.29, 1.82) is 0 Å². The number of rotatable bonds is 5. The van der Waals surface area contributed by atoms with Crippen molar-refractivity contribution in [2.24, 2.45) is 5.84 Å². The molecule has 0 aliphatic rings. The van der Waals surface area contributed by atoms with Crippen LogP contribution in [0.4, 0.5) is 0 Å². The van der Waals surface area contributed by atoms with Crippen molar-refractivity contribution in [3.63, 3.8) is 0 Å². The molecule has 3 rings (SSSR count). The fourth-order valence-electron chi connectivity index (χ4n) is 2.34. The number of nitrogens with zero attached hydrogens (tertiary/aromatic N) is 1. The van der Waals surface area contributed by atoms with Crippen molar-refractivity contribution in [2.45, 2.75) is 18.9 Å². The Bertz CT molecular complexity index is 679. The largest absolute Gasteiger partial charge is 0.271 e. The maximum absolute atomic E-state index is 5.68. The third kappa shape index (κ3) is 3.04. The Morgan fingerprint density at radius 1 is 1.05 bits per heavy atom. The first-order chi connectivity index (χ1) is 9.85. The van der Waals surface area contributed by atoms with Crippen LogP contribution in [0.3, 0.4) is 0 Å². The molecule has 0 saturated carbocycles. The van der Waals surface area contributed by atoms with Crippen molar-refractivity contribution >= 4 is 22.2 Å². The van der Waals surface area contributed by atoms with E-state index in [1.807, 2.05) is 18.2 Å². The summed E-state index contributed by atoms with van der Waals surface area (Å²) in [5, 5.41) is 3.27. The zero-order valence-corrected chi connectivity index (χ0v) is 11.9. The zero-order valence-electron chi connectivity index (χ0n) is 11.1. The van der Waals surface area contributed by atoms with Crippen LogP contribution >= 0.6 is 11.3 Å². The van der Waals surface area contributed by atoms with Gasteiger partial charge in [0.05, 0.1) is 5.52 Å². The Kier molecular flexibility index (Phi) is 4.06. The van der Waals surface area contributed by atoms with Crippen LogP contribution < -0.4 is 11.3 Å². The van der Waals surface area contributed by atoms with Crippen LogP contribution in [0.1, 0.15) is 10.6 Å². The molecule has 102 valence electrons. The van der Waals surface area contributed by atoms with E-state index in [9.17, 15) is 0 Å². The number of thiophene rings is 1. The number of nitrogens with two attached hydrogens (primary N) is 1. The van der Waals surface area contributed by atoms with Gasteiger partial charge in [-0.05, 0) is 30.0 Å². The molecule has 0 bridgehead atoms. The summed E-state index contributed by atoms with van der Waals surface area (Å²) in [6.45, 7) is 0. The van der Waals surface area contributed by atoms with E-state index in [-0.39, 0.29) is 6.04 Å². The fraction of sp³-hybridized carbons (Fsp3) is 0.188. The summed E-state index contributed by atoms with van der Waals surface area (Å²) in [4.78, 5) is 6.04. The first kappa shape index (κ1) is 13.2. The van der Waals surface area contributed by atoms with E-state index in [4.69, 9.17) is 10.8 Å². The van der Waals surface area contributed by atoms with E-state index in [1.165, 1.54) is 10.3 Å². The number of aromatic nitrogens is 1. The molecule has 1 aromatic carbocycles. The molecule has 1 unspecified atom stereocenters. The number of fused-ring (bicyclic) bond motifs is 1. The molecule has 0 aliphatic heterocycles. The molecule has 20 heavy (non-hydrogen) atoms. The van der Waals surface area contributed by atoms with Crippen molar-refractivity contribution in [3.05, 3.63) is 64.5 Å². The summed E-state index contributed by atoms with van der Waals surface area (Å²) in [5.74, 6) is 5.68. The minimum Gasteiger partial charge on any atom is -0.271 e. The molecule has 2 heterocycles. The van der Waals surface area contributed by atoms with Gasteiger partial charge in [0, 0.05) is 28.4 Å². The van der Waals surface area contributed by atoms with Crippen molar-refractivity contribution < 1.29 is 0 Å². The molecular formula is C16H17N3S. The first-order valence-corrected chi connectivity index (χ1v) is 7.56. The van der Waals surface area contributed by atoms with Gasteiger partial charge in [-0.2, -0.15) is 0 Å². The summed E-state index contributed by atoms with van der Waals surface area (Å²) in [5.41, 5.74) is 5.01. The molecule has 0 amide bonds. The normalized spacial score (nSPS) is 12.7. The average Bonchev–Trinajstić information content (AvgIpc) is 2.99. The number of hydrazine groups is 1. The molecular weight excluding hydrogens is 266 g/mol. The summed E-state index contributed by atoms with van der Waals surface area (Å²) in [6, 6.07) is 16.8. The SMILES string of the molecule is NNC(Cc1ccc2ccccc2n1)Cc1cccs1. The monoisotopic (exact) mass is 283 g/mol. The van der Waals surface area contributed by atoms with E-state index in [0.717, 1.165) is 24.1 Å². The third-order valence-electron chi connectivity index (χ3n) is 3.38. The summed E-state index contributed by atoms with van der Waals surface area (Å²) < 4.78 is 0. The van der Waals surface area contributed by atoms with Gasteiger partial charge >= 0.3 is 0 Å². The quantitative estimate of drug-likeness (QED) is 0.559. The maximum Gasteiger partial charge on any atom is 0.0705 e. The highest BCUT2D eigenvalue weighted by Gasteiger charge is 2.10. The third-order valence-corrected chi connectivity index (χ3v) is 4.27. The fourth-order valence-corrected chi connectivity index (χ4v) is 3.12. The van der Waals surface area contributed by atoms with Gasteiger partial charge < -0.3 is 0 Å². The molecule has 2 aromatic heterocycles. The van der Waals surface area contributed by atoms with Gasteiger partial charge in [-0.3, -0.25) is 16.3 Å². The van der Waals surface area contributed by atoms with E-state index in [0.29, 0.717) is 0 Å². The second-order valence-corrected chi connectivity index (χ2v) is 5.88. The van der Waals surface area contributed by atoms with E-state index in [2.05, 4.69) is 41.1 Å². The number of benzene rings is 1. The van der Waals surface area contributed by atoms with Gasteiger partial charge in [-0.25, -0.2) is 0 Å². The minimum atomic E-state index is 0.210. The summed E-state index contributed by atoms with van der Waals surface area (Å²) in [6.07, 6.45) is 1.77. The molecule has 0 aliphatic carbocycles. The van der Waals surface area contributed by atoms with Gasteiger partial charge in [0.1, 0.15) is 0 Å². The van der Waals surface area contributed by atoms with Crippen LogP contribution in [-0.4, -0.2) is 11.0 Å². The van der Waals surface area contributed by atoms with Crippen LogP contribution in [0.2, 0.25) is 0 Å². The van der Waals surface area contributed by atoms with Crippen LogP contribution in [0.5, 0.6) is 0 Å². The average molecular weight is 283 g/mol. The molecule has 3 aromatic rings. The van der Waals surface area contributed by atoms with Crippen molar-refractivity contribution in [2.75, 3.05) is 0 Å². The minimum absolute atomic E-state index is 0.210. The molecule has 0 spiro atoms. The van der Waals surface area contributed by atoms with Gasteiger partial charge in [-0.15, -0.1) is 11.3 Å². The maximum atomic E-state index is 5.68. The number of para-hydroxylation sites is 1. The highest BCUT2D eigenvalue weighted by molar-refractivity contribution is 7.09. The topological polar surface area (TPSA) is 50.9 Å². The number of pyridine rings is 1. The van der Waals surface area contributed by atoms with Crippen LogP contribution in [0.25, 0.3) is 10.9 Å². The van der Waals surface area contributed by atoms with Crippen molar-refractivity contribution in [3.8, 4) is 0 Å². The number of nitrogens with one attached hydrogen (secondary N) is 1. The van der Waals surface area contributed by atoms with Gasteiger partial charge in [0.2, 0.25) is 0 Å². The molecule has 1 atom stereocenters. The van der Waals surface area contributed by atoms with E-state index >= 15 is 0 Å². The Morgan fingerprint density at radius 3 is 2.75 bits per heavy atom. The lowest BCUT2D eigenvalue weighted by molar-refractivity contribution is 0.521. The van der Waals surface area contributed by atoms with Gasteiger partial charge in [0.25, 0.3) is 0 Å². The number of hydrogen-bond donors (Lipinski definition) is 2. The van der Waals surface area contributed by atoms with Crippen LogP contribution in [-0.2, 0) is 12.8 Å². The Labute approximate surface area is 122 Å². The smallest absolute Gasteiger partial charge is 0.0705 e. The zero-order chi connectivity index (χ0) is 13.8. The summed E-state index contributed by atoms with van der Waals surface area (Å²) in [7, 11) is 0. The van der Waals surface area contributed by atoms with E-state index < -0.39 is 0 Å². The predicted molar refractivity (Wildman–Crippen MR) is 84.6 cm³/mol. The Hall–Kier alpha value is -1.75. The lowest BCUT2D eigenvalue weighted by Crippen LogP contribution is -2.38. The van der Waals surface area contributed by atoms with Crippen LogP contribution in [0.15, 0.2) is 53.9 Å². The second-order valence-electron chi connectivity index (χ2n) is 4.85. The second kappa shape index (κ2) is 6.13. The lowest BCUT2D eigenvalue weighted by atomic mass is 10.1. The Balaban J connectivity index is 1.76. The molecule has 0 fully saturated rings. The molecule has 0 radical (unpaired) electrons. The van der Waals surface area contributed by atoms with E-state index in [1.54, 1.807) is 11.3 Å². The predicted octanol–water partition coefficient (Wildman–Crippen LogP) is 2.91. The summed E-state index contributed by atoms with van der Waals surface area (Å²) >= 11 is 1.76. The molecule has 0 saturated heterocycles. The van der Waals surface area contributed by atoms with Gasteiger partial charge in [0.15, 0.2) is 0 Å². The standard InChI is InChI=1S/C16H17N3S/c17-19-14(11-15-5-3-9-20-15)10-13-8-7-12-4-1-2-6-16(12)18-13/h1-9,14,19H,10-11,17H2. The first-order valence-electron chi connectivity index (χ1n) is 6.68. The highest BCUT2D eigenvalue weighted by atomic mass is 32.1. The molecule has 3 nitrogen and oxygen atoms in total. The lowest BCUT2D eigenvalue weighted by Gasteiger charge is -2.14. The van der Waals surface area contributed by atoms with Gasteiger partial charge in [-0.1, -0.05) is 30.3 Å². The van der Waals surface area contributed by atoms with Crippen LogP contribution in [0, 0.1) is 0 Å². The van der Waals surface area contributed by atoms with Crippen molar-refractivity contribution in [1.82, 2.24) is 10.4 Å². The Morgan fingerprint density at radius 2 is 1.95 bits per heavy atom. The highest BCUT2D eigenvalue weighted by Crippen LogP contribution is 2.15. The molecule has 4 heteroatoms. The molecule has 3 N–H and O–H groups in total.